The molecule has 0 aliphatic carbocycles. The summed E-state index contributed by atoms with van der Waals surface area (Å²) in [5, 5.41) is 3.59. The number of hydrogen-bond donors (Lipinski definition) is 1. The smallest absolute Gasteiger partial charge is 0.132 e. The fourth-order valence-corrected chi connectivity index (χ4v) is 2.11. The third-order valence-electron chi connectivity index (χ3n) is 2.35. The summed E-state index contributed by atoms with van der Waals surface area (Å²) in [6, 6.07) is 11.5. The van der Waals surface area contributed by atoms with Gasteiger partial charge in [-0.15, -0.1) is 0 Å². The number of ether oxygens (including phenoxy) is 1. The molecular weight excluding hydrogens is 363 g/mol. The number of nitrogens with zero attached hydrogens (tertiary/aromatic N) is 1. The summed E-state index contributed by atoms with van der Waals surface area (Å²) in [7, 11) is 1.82. The minimum atomic E-state index is 0.356. The van der Waals surface area contributed by atoms with Gasteiger partial charge in [-0.05, 0) is 52.9 Å². The van der Waals surface area contributed by atoms with Gasteiger partial charge in [0.15, 0.2) is 0 Å². The minimum absolute atomic E-state index is 0.356. The van der Waals surface area contributed by atoms with Crippen LogP contribution < -0.4 is 10.1 Å². The summed E-state index contributed by atoms with van der Waals surface area (Å²) in [6.45, 7) is 0.356. The van der Waals surface area contributed by atoms with Gasteiger partial charge in [0, 0.05) is 10.6 Å². The van der Waals surface area contributed by atoms with Crippen molar-refractivity contribution in [3.05, 3.63) is 50.7 Å². The number of pyridine rings is 1. The van der Waals surface area contributed by atoms with E-state index in [9.17, 15) is 0 Å². The predicted octanol–water partition coefficient (Wildman–Crippen LogP) is 3.96. The highest BCUT2D eigenvalue weighted by atomic mass is 127. The van der Waals surface area contributed by atoms with E-state index in [4.69, 9.17) is 16.3 Å². The van der Waals surface area contributed by atoms with Gasteiger partial charge in [0.05, 0.1) is 10.7 Å². The van der Waals surface area contributed by atoms with E-state index in [0.717, 1.165) is 20.8 Å². The maximum atomic E-state index is 6.08. The Labute approximate surface area is 125 Å². The zero-order valence-corrected chi connectivity index (χ0v) is 12.7. The van der Waals surface area contributed by atoms with E-state index < -0.39 is 0 Å². The molecule has 0 spiro atoms. The molecular formula is C13H12ClIN2O. The monoisotopic (exact) mass is 374 g/mol. The second-order valence-corrected chi connectivity index (χ2v) is 5.27. The first-order valence-corrected chi connectivity index (χ1v) is 6.86. The van der Waals surface area contributed by atoms with Gasteiger partial charge in [0.2, 0.25) is 0 Å². The molecule has 0 radical (unpaired) electrons. The average Bonchev–Trinajstić information content (AvgIpc) is 2.38. The van der Waals surface area contributed by atoms with Crippen LogP contribution in [0, 0.1) is 3.57 Å². The summed E-state index contributed by atoms with van der Waals surface area (Å²) in [5.74, 6) is 1.59. The standard InChI is InChI=1S/C13H12ClIN2O/c1-16-13-6-5-11(14)12(17-13)8-18-10-4-2-3-9(15)7-10/h2-7H,8H2,1H3,(H,16,17). The van der Waals surface area contributed by atoms with Crippen LogP contribution >= 0.6 is 34.2 Å². The lowest BCUT2D eigenvalue weighted by atomic mass is 10.3. The Morgan fingerprint density at radius 3 is 2.89 bits per heavy atom. The van der Waals surface area contributed by atoms with Crippen molar-refractivity contribution in [3.8, 4) is 5.75 Å². The SMILES string of the molecule is CNc1ccc(Cl)c(COc2cccc(I)c2)n1. The molecule has 0 aliphatic heterocycles. The second-order valence-electron chi connectivity index (χ2n) is 3.62. The van der Waals surface area contributed by atoms with Crippen LogP contribution in [0.5, 0.6) is 5.75 Å². The lowest BCUT2D eigenvalue weighted by Gasteiger charge is -2.09. The van der Waals surface area contributed by atoms with Crippen molar-refractivity contribution in [2.24, 2.45) is 0 Å². The van der Waals surface area contributed by atoms with Crippen LogP contribution in [-0.4, -0.2) is 12.0 Å². The van der Waals surface area contributed by atoms with E-state index in [0.29, 0.717) is 11.6 Å². The molecule has 94 valence electrons. The molecule has 1 aromatic carbocycles. The average molecular weight is 375 g/mol. The number of anilines is 1. The van der Waals surface area contributed by atoms with E-state index in [2.05, 4.69) is 32.9 Å². The molecule has 1 N–H and O–H groups in total. The van der Waals surface area contributed by atoms with E-state index in [1.165, 1.54) is 0 Å². The molecule has 18 heavy (non-hydrogen) atoms. The largest absolute Gasteiger partial charge is 0.487 e. The number of halogens is 2. The summed E-state index contributed by atoms with van der Waals surface area (Å²) in [6.07, 6.45) is 0. The Balaban J connectivity index is 2.10. The van der Waals surface area contributed by atoms with Crippen molar-refractivity contribution in [2.75, 3.05) is 12.4 Å². The summed E-state index contributed by atoms with van der Waals surface area (Å²) in [5.41, 5.74) is 0.724. The third-order valence-corrected chi connectivity index (χ3v) is 3.36. The number of benzene rings is 1. The van der Waals surface area contributed by atoms with E-state index in [-0.39, 0.29) is 0 Å². The van der Waals surface area contributed by atoms with Gasteiger partial charge >= 0.3 is 0 Å². The van der Waals surface area contributed by atoms with Crippen LogP contribution in [0.2, 0.25) is 5.02 Å². The zero-order valence-electron chi connectivity index (χ0n) is 9.78. The number of nitrogens with one attached hydrogen (secondary N) is 1. The van der Waals surface area contributed by atoms with Crippen molar-refractivity contribution in [1.29, 1.82) is 0 Å². The first-order valence-electron chi connectivity index (χ1n) is 5.40. The maximum Gasteiger partial charge on any atom is 0.132 e. The van der Waals surface area contributed by atoms with Crippen LogP contribution in [0.4, 0.5) is 5.82 Å². The third kappa shape index (κ3) is 3.49. The number of rotatable bonds is 4. The van der Waals surface area contributed by atoms with Gasteiger partial charge in [-0.3, -0.25) is 0 Å². The quantitative estimate of drug-likeness (QED) is 0.823. The van der Waals surface area contributed by atoms with E-state index >= 15 is 0 Å². The predicted molar refractivity (Wildman–Crippen MR) is 82.3 cm³/mol. The molecule has 1 aromatic heterocycles. The summed E-state index contributed by atoms with van der Waals surface area (Å²) < 4.78 is 6.81. The molecule has 1 heterocycles. The molecule has 0 fully saturated rings. The highest BCUT2D eigenvalue weighted by Crippen LogP contribution is 2.20. The fraction of sp³-hybridized carbons (Fsp3) is 0.154. The maximum absolute atomic E-state index is 6.08. The molecule has 0 unspecified atom stereocenters. The van der Waals surface area contributed by atoms with Crippen LogP contribution in [0.1, 0.15) is 5.69 Å². The Kier molecular flexibility index (Phi) is 4.66. The number of hydrogen-bond acceptors (Lipinski definition) is 3. The Hall–Kier alpha value is -1.01. The Morgan fingerprint density at radius 1 is 1.33 bits per heavy atom. The molecule has 0 atom stereocenters. The molecule has 5 heteroatoms. The van der Waals surface area contributed by atoms with Crippen molar-refractivity contribution >= 4 is 40.0 Å². The van der Waals surface area contributed by atoms with Gasteiger partial charge in [-0.25, -0.2) is 4.98 Å². The first-order chi connectivity index (χ1) is 8.69. The van der Waals surface area contributed by atoms with Crippen LogP contribution in [0.25, 0.3) is 0 Å². The molecule has 2 rings (SSSR count). The highest BCUT2D eigenvalue weighted by molar-refractivity contribution is 14.1. The van der Waals surface area contributed by atoms with Gasteiger partial charge in [-0.1, -0.05) is 17.7 Å². The highest BCUT2D eigenvalue weighted by Gasteiger charge is 2.05. The summed E-state index contributed by atoms with van der Waals surface area (Å²) >= 11 is 8.33. The molecule has 0 amide bonds. The van der Waals surface area contributed by atoms with Crippen molar-refractivity contribution in [2.45, 2.75) is 6.61 Å². The Bertz CT molecular complexity index is 548. The lowest BCUT2D eigenvalue weighted by molar-refractivity contribution is 0.301. The van der Waals surface area contributed by atoms with E-state index in [1.807, 2.05) is 43.4 Å². The van der Waals surface area contributed by atoms with Gasteiger partial charge in [-0.2, -0.15) is 0 Å². The van der Waals surface area contributed by atoms with Crippen molar-refractivity contribution in [3.63, 3.8) is 0 Å². The van der Waals surface area contributed by atoms with Gasteiger partial charge < -0.3 is 10.1 Å². The van der Waals surface area contributed by atoms with Crippen LogP contribution in [0.15, 0.2) is 36.4 Å². The van der Waals surface area contributed by atoms with Gasteiger partial charge in [0.1, 0.15) is 18.2 Å². The molecule has 2 aromatic rings. The van der Waals surface area contributed by atoms with Crippen LogP contribution in [-0.2, 0) is 6.61 Å². The topological polar surface area (TPSA) is 34.1 Å². The lowest BCUT2D eigenvalue weighted by Crippen LogP contribution is -2.02. The second kappa shape index (κ2) is 6.24. The van der Waals surface area contributed by atoms with E-state index in [1.54, 1.807) is 0 Å². The first kappa shape index (κ1) is 13.4. The molecule has 3 nitrogen and oxygen atoms in total. The Morgan fingerprint density at radius 2 is 2.17 bits per heavy atom. The molecule has 0 aliphatic rings. The summed E-state index contributed by atoms with van der Waals surface area (Å²) in [4.78, 5) is 4.36. The molecule has 0 saturated carbocycles. The van der Waals surface area contributed by atoms with Crippen molar-refractivity contribution in [1.82, 2.24) is 4.98 Å². The fourth-order valence-electron chi connectivity index (χ4n) is 1.43. The van der Waals surface area contributed by atoms with Crippen LogP contribution in [0.3, 0.4) is 0 Å². The normalized spacial score (nSPS) is 10.2. The zero-order chi connectivity index (χ0) is 13.0. The van der Waals surface area contributed by atoms with Crippen molar-refractivity contribution < 1.29 is 4.74 Å². The van der Waals surface area contributed by atoms with Gasteiger partial charge in [0.25, 0.3) is 0 Å². The number of aromatic nitrogens is 1. The minimum Gasteiger partial charge on any atom is -0.487 e. The molecule has 0 bridgehead atoms. The molecule has 0 saturated heterocycles.